The van der Waals surface area contributed by atoms with Crippen LogP contribution in [0.2, 0.25) is 0 Å². The number of hydrogen-bond acceptors (Lipinski definition) is 4. The molecule has 0 radical (unpaired) electrons. The average Bonchev–Trinajstić information content (AvgIpc) is 2.78. The van der Waals surface area contributed by atoms with Crippen molar-refractivity contribution in [1.82, 2.24) is 5.32 Å². The van der Waals surface area contributed by atoms with E-state index in [9.17, 15) is 20.0 Å². The van der Waals surface area contributed by atoms with E-state index in [2.05, 4.69) is 5.32 Å². The fourth-order valence-electron chi connectivity index (χ4n) is 3.53. The molecule has 0 spiro atoms. The summed E-state index contributed by atoms with van der Waals surface area (Å²) in [4.78, 5) is 23.8. The maximum absolute atomic E-state index is 12.9. The SMILES string of the molecule is O=C(NC(c1cccc([N+](=O)[O-])c1)c1c(O)ccc2ccccc12)c1ccccc1. The molecular formula is C24H18N2O4. The summed E-state index contributed by atoms with van der Waals surface area (Å²) in [5.41, 5.74) is 1.34. The van der Waals surface area contributed by atoms with Crippen molar-refractivity contribution >= 4 is 22.4 Å². The van der Waals surface area contributed by atoms with E-state index >= 15 is 0 Å². The Bertz CT molecular complexity index is 1240. The number of fused-ring (bicyclic) bond motifs is 1. The van der Waals surface area contributed by atoms with Crippen LogP contribution in [-0.2, 0) is 0 Å². The maximum atomic E-state index is 12.9. The fourth-order valence-corrected chi connectivity index (χ4v) is 3.53. The number of phenolic OH excluding ortho intramolecular Hbond substituents is 1. The lowest BCUT2D eigenvalue weighted by atomic mass is 9.92. The minimum Gasteiger partial charge on any atom is -0.508 e. The largest absolute Gasteiger partial charge is 0.508 e. The second kappa shape index (κ2) is 8.05. The number of benzene rings is 4. The van der Waals surface area contributed by atoms with Crippen LogP contribution >= 0.6 is 0 Å². The van der Waals surface area contributed by atoms with Gasteiger partial charge in [-0.1, -0.05) is 60.7 Å². The second-order valence-electron chi connectivity index (χ2n) is 6.84. The first-order valence-electron chi connectivity index (χ1n) is 9.35. The molecule has 1 atom stereocenters. The van der Waals surface area contributed by atoms with Crippen molar-refractivity contribution < 1.29 is 14.8 Å². The topological polar surface area (TPSA) is 92.5 Å². The molecule has 30 heavy (non-hydrogen) atoms. The van der Waals surface area contributed by atoms with E-state index in [1.54, 1.807) is 48.5 Å². The summed E-state index contributed by atoms with van der Waals surface area (Å²) in [5, 5.41) is 26.6. The Morgan fingerprint density at radius 3 is 2.40 bits per heavy atom. The highest BCUT2D eigenvalue weighted by Crippen LogP contribution is 2.36. The number of carbonyl (C=O) groups excluding carboxylic acids is 1. The van der Waals surface area contributed by atoms with Gasteiger partial charge in [0.1, 0.15) is 5.75 Å². The Morgan fingerprint density at radius 2 is 1.63 bits per heavy atom. The molecule has 0 bridgehead atoms. The summed E-state index contributed by atoms with van der Waals surface area (Å²) in [6.45, 7) is 0. The first-order chi connectivity index (χ1) is 14.5. The number of hydrogen-bond donors (Lipinski definition) is 2. The van der Waals surface area contributed by atoms with Gasteiger partial charge in [-0.3, -0.25) is 14.9 Å². The van der Waals surface area contributed by atoms with E-state index in [1.165, 1.54) is 12.1 Å². The Morgan fingerprint density at radius 1 is 0.900 bits per heavy atom. The monoisotopic (exact) mass is 398 g/mol. The van der Waals surface area contributed by atoms with Crippen molar-refractivity contribution in [1.29, 1.82) is 0 Å². The number of carbonyl (C=O) groups is 1. The van der Waals surface area contributed by atoms with Gasteiger partial charge in [0.05, 0.1) is 11.0 Å². The zero-order chi connectivity index (χ0) is 21.1. The molecule has 4 aromatic rings. The minimum absolute atomic E-state index is 0.00133. The third-order valence-electron chi connectivity index (χ3n) is 4.96. The van der Waals surface area contributed by atoms with Gasteiger partial charge in [-0.25, -0.2) is 0 Å². The summed E-state index contributed by atoms with van der Waals surface area (Å²) in [6, 6.07) is 24.8. The van der Waals surface area contributed by atoms with Crippen LogP contribution in [0.25, 0.3) is 10.8 Å². The molecular weight excluding hydrogens is 380 g/mol. The van der Waals surface area contributed by atoms with Crippen LogP contribution in [0.1, 0.15) is 27.5 Å². The first-order valence-corrected chi connectivity index (χ1v) is 9.35. The molecule has 148 valence electrons. The molecule has 4 aromatic carbocycles. The molecule has 1 unspecified atom stereocenters. The van der Waals surface area contributed by atoms with Crippen molar-refractivity contribution in [2.75, 3.05) is 0 Å². The van der Waals surface area contributed by atoms with E-state index in [0.29, 0.717) is 16.7 Å². The van der Waals surface area contributed by atoms with Gasteiger partial charge in [0.2, 0.25) is 0 Å². The average molecular weight is 398 g/mol. The molecule has 4 rings (SSSR count). The van der Waals surface area contributed by atoms with Crippen molar-refractivity contribution in [3.63, 3.8) is 0 Å². The van der Waals surface area contributed by atoms with Gasteiger partial charge in [-0.15, -0.1) is 0 Å². The van der Waals surface area contributed by atoms with Crippen molar-refractivity contribution in [3.05, 3.63) is 118 Å². The molecule has 0 aromatic heterocycles. The Hall–Kier alpha value is -4.19. The molecule has 6 nitrogen and oxygen atoms in total. The lowest BCUT2D eigenvalue weighted by molar-refractivity contribution is -0.384. The van der Waals surface area contributed by atoms with Gasteiger partial charge in [-0.05, 0) is 34.5 Å². The molecule has 0 aliphatic heterocycles. The van der Waals surface area contributed by atoms with E-state index in [1.807, 2.05) is 30.3 Å². The first kappa shape index (κ1) is 19.1. The molecule has 0 heterocycles. The molecule has 2 N–H and O–H groups in total. The van der Waals surface area contributed by atoms with Crippen LogP contribution in [0.3, 0.4) is 0 Å². The number of nitrogens with zero attached hydrogens (tertiary/aromatic N) is 1. The Labute approximate surface area is 172 Å². The number of amides is 1. The summed E-state index contributed by atoms with van der Waals surface area (Å²) in [6.07, 6.45) is 0. The number of nitro groups is 1. The van der Waals surface area contributed by atoms with Gasteiger partial charge < -0.3 is 10.4 Å². The Balaban J connectivity index is 1.89. The third-order valence-corrected chi connectivity index (χ3v) is 4.96. The van der Waals surface area contributed by atoms with Crippen molar-refractivity contribution in [2.45, 2.75) is 6.04 Å². The van der Waals surface area contributed by atoms with E-state index < -0.39 is 11.0 Å². The third kappa shape index (κ3) is 3.71. The van der Waals surface area contributed by atoms with Crippen LogP contribution in [0.5, 0.6) is 5.75 Å². The predicted molar refractivity (Wildman–Crippen MR) is 114 cm³/mol. The number of non-ortho nitro benzene ring substituents is 1. The normalized spacial score (nSPS) is 11.7. The van der Waals surface area contributed by atoms with Crippen molar-refractivity contribution in [3.8, 4) is 5.75 Å². The van der Waals surface area contributed by atoms with Crippen LogP contribution in [0.15, 0.2) is 91.0 Å². The highest BCUT2D eigenvalue weighted by molar-refractivity contribution is 5.96. The standard InChI is InChI=1S/C24H18N2O4/c27-21-14-13-16-7-4-5-12-20(16)22(21)23(18-10-6-11-19(15-18)26(29)30)25-24(28)17-8-2-1-3-9-17/h1-15,23,27H,(H,25,28). The van der Waals surface area contributed by atoms with Gasteiger partial charge in [0.25, 0.3) is 11.6 Å². The lowest BCUT2D eigenvalue weighted by Gasteiger charge is -2.22. The van der Waals surface area contributed by atoms with Gasteiger partial charge in [0.15, 0.2) is 0 Å². The number of nitrogens with one attached hydrogen (secondary N) is 1. The van der Waals surface area contributed by atoms with Crippen molar-refractivity contribution in [2.24, 2.45) is 0 Å². The quantitative estimate of drug-likeness (QED) is 0.367. The number of phenols is 1. The molecule has 0 fully saturated rings. The Kier molecular flexibility index (Phi) is 5.13. The number of aromatic hydroxyl groups is 1. The van der Waals surface area contributed by atoms with E-state index in [0.717, 1.165) is 10.8 Å². The molecule has 0 aliphatic rings. The smallest absolute Gasteiger partial charge is 0.269 e. The zero-order valence-electron chi connectivity index (χ0n) is 15.9. The van der Waals surface area contributed by atoms with Gasteiger partial charge >= 0.3 is 0 Å². The van der Waals surface area contributed by atoms with E-state index in [-0.39, 0.29) is 17.3 Å². The highest BCUT2D eigenvalue weighted by Gasteiger charge is 2.24. The summed E-state index contributed by atoms with van der Waals surface area (Å²) in [7, 11) is 0. The predicted octanol–water partition coefficient (Wildman–Crippen LogP) is 4.97. The molecule has 0 aliphatic carbocycles. The van der Waals surface area contributed by atoms with Gasteiger partial charge in [0, 0.05) is 23.3 Å². The summed E-state index contributed by atoms with van der Waals surface area (Å²) in [5.74, 6) is -0.349. The fraction of sp³-hybridized carbons (Fsp3) is 0.0417. The molecule has 1 amide bonds. The van der Waals surface area contributed by atoms with Crippen LogP contribution in [0, 0.1) is 10.1 Å². The van der Waals surface area contributed by atoms with Gasteiger partial charge in [-0.2, -0.15) is 0 Å². The number of nitro benzene ring substituents is 1. The summed E-state index contributed by atoms with van der Waals surface area (Å²) < 4.78 is 0. The second-order valence-corrected chi connectivity index (χ2v) is 6.84. The highest BCUT2D eigenvalue weighted by atomic mass is 16.6. The lowest BCUT2D eigenvalue weighted by Crippen LogP contribution is -2.29. The molecule has 0 saturated heterocycles. The number of rotatable bonds is 5. The summed E-state index contributed by atoms with van der Waals surface area (Å²) >= 11 is 0. The van der Waals surface area contributed by atoms with Crippen LogP contribution in [0.4, 0.5) is 5.69 Å². The minimum atomic E-state index is -0.788. The zero-order valence-corrected chi connectivity index (χ0v) is 15.9. The molecule has 0 saturated carbocycles. The van der Waals surface area contributed by atoms with Crippen LogP contribution in [-0.4, -0.2) is 15.9 Å². The maximum Gasteiger partial charge on any atom is 0.269 e. The van der Waals surface area contributed by atoms with E-state index in [4.69, 9.17) is 0 Å². The van der Waals surface area contributed by atoms with Crippen LogP contribution < -0.4 is 5.32 Å². The molecule has 6 heteroatoms.